The Kier molecular flexibility index (Phi) is 7.69. The lowest BCUT2D eigenvalue weighted by atomic mass is 9.90. The third kappa shape index (κ3) is 5.87. The first-order valence-corrected chi connectivity index (χ1v) is 9.80. The fourth-order valence-corrected chi connectivity index (χ4v) is 3.56. The summed E-state index contributed by atoms with van der Waals surface area (Å²) in [6.07, 6.45) is 3.17. The molecule has 0 unspecified atom stereocenters. The second-order valence-electron chi connectivity index (χ2n) is 7.66. The number of H-pyrrole nitrogens is 1. The van der Waals surface area contributed by atoms with E-state index in [1.807, 2.05) is 13.0 Å². The third-order valence-electron chi connectivity index (χ3n) is 4.85. The second kappa shape index (κ2) is 9.76. The highest BCUT2D eigenvalue weighted by Crippen LogP contribution is 2.32. The van der Waals surface area contributed by atoms with Crippen LogP contribution in [0.4, 0.5) is 5.82 Å². The Bertz CT molecular complexity index is 601. The van der Waals surface area contributed by atoms with Crippen LogP contribution in [0.2, 0.25) is 0 Å². The van der Waals surface area contributed by atoms with Crippen LogP contribution in [0.3, 0.4) is 0 Å². The highest BCUT2D eigenvalue weighted by atomic mass is 16.5. The number of aromatic nitrogens is 1. The van der Waals surface area contributed by atoms with E-state index in [1.54, 1.807) is 0 Å². The Labute approximate surface area is 156 Å². The van der Waals surface area contributed by atoms with Gasteiger partial charge in [0.25, 0.3) is 0 Å². The van der Waals surface area contributed by atoms with E-state index in [9.17, 15) is 9.59 Å². The van der Waals surface area contributed by atoms with Crippen molar-refractivity contribution in [1.29, 1.82) is 0 Å². The molecule has 1 fully saturated rings. The number of piperidine rings is 1. The van der Waals surface area contributed by atoms with Crippen molar-refractivity contribution in [3.8, 4) is 0 Å². The monoisotopic (exact) mass is 363 g/mol. The Morgan fingerprint density at radius 3 is 2.62 bits per heavy atom. The number of hydrogen-bond acceptors (Lipinski definition) is 5. The van der Waals surface area contributed by atoms with Crippen LogP contribution in [0, 0.1) is 5.92 Å². The van der Waals surface area contributed by atoms with Gasteiger partial charge < -0.3 is 20.4 Å². The molecule has 1 aromatic rings. The van der Waals surface area contributed by atoms with Gasteiger partial charge in [-0.3, -0.25) is 9.59 Å². The van der Waals surface area contributed by atoms with Crippen LogP contribution in [0.5, 0.6) is 0 Å². The van der Waals surface area contributed by atoms with Gasteiger partial charge in [0.2, 0.25) is 0 Å². The standard InChI is InChI=1S/C20H33N3O3/c1-4-11-26-19(25)6-5-18(24)17-12-16(20(21)22-17)15-7-9-23(10-8-15)13-14(2)3/h12,14-15,22H,4-11,13,21H2,1-3H3. The van der Waals surface area contributed by atoms with Crippen LogP contribution in [-0.2, 0) is 9.53 Å². The normalized spacial score (nSPS) is 16.2. The summed E-state index contributed by atoms with van der Waals surface area (Å²) in [5, 5.41) is 0. The summed E-state index contributed by atoms with van der Waals surface area (Å²) in [4.78, 5) is 29.4. The van der Waals surface area contributed by atoms with Crippen LogP contribution in [0.1, 0.15) is 74.8 Å². The minimum Gasteiger partial charge on any atom is -0.466 e. The summed E-state index contributed by atoms with van der Waals surface area (Å²) in [7, 11) is 0. The molecule has 0 amide bonds. The van der Waals surface area contributed by atoms with Gasteiger partial charge in [0.05, 0.1) is 18.7 Å². The molecule has 1 aliphatic rings. The van der Waals surface area contributed by atoms with E-state index in [0.29, 0.717) is 30.0 Å². The second-order valence-corrected chi connectivity index (χ2v) is 7.66. The lowest BCUT2D eigenvalue weighted by molar-refractivity contribution is -0.143. The van der Waals surface area contributed by atoms with Crippen LogP contribution in [-0.4, -0.2) is 47.9 Å². The fourth-order valence-electron chi connectivity index (χ4n) is 3.56. The number of ketones is 1. The maximum absolute atomic E-state index is 12.3. The first-order chi connectivity index (χ1) is 12.4. The topological polar surface area (TPSA) is 88.4 Å². The number of nitrogens with zero attached hydrogens (tertiary/aromatic N) is 1. The fraction of sp³-hybridized carbons (Fsp3) is 0.700. The Morgan fingerprint density at radius 2 is 2.00 bits per heavy atom. The molecule has 0 aliphatic carbocycles. The third-order valence-corrected chi connectivity index (χ3v) is 4.85. The van der Waals surface area contributed by atoms with Gasteiger partial charge in [-0.05, 0) is 55.8 Å². The first kappa shape index (κ1) is 20.5. The van der Waals surface area contributed by atoms with Crippen molar-refractivity contribution in [2.75, 3.05) is 32.0 Å². The highest BCUT2D eigenvalue weighted by Gasteiger charge is 2.25. The van der Waals surface area contributed by atoms with Crippen molar-refractivity contribution in [1.82, 2.24) is 9.88 Å². The Balaban J connectivity index is 1.88. The van der Waals surface area contributed by atoms with Gasteiger partial charge in [-0.1, -0.05) is 20.8 Å². The summed E-state index contributed by atoms with van der Waals surface area (Å²) >= 11 is 0. The molecule has 6 nitrogen and oxygen atoms in total. The zero-order valence-corrected chi connectivity index (χ0v) is 16.3. The number of esters is 1. The quantitative estimate of drug-likeness (QED) is 0.519. The van der Waals surface area contributed by atoms with Crippen LogP contribution in [0.15, 0.2) is 6.07 Å². The Morgan fingerprint density at radius 1 is 1.31 bits per heavy atom. The average Bonchev–Trinajstić information content (AvgIpc) is 3.00. The SMILES string of the molecule is CCCOC(=O)CCC(=O)c1cc(C2CCN(CC(C)C)CC2)c(N)[nH]1. The summed E-state index contributed by atoms with van der Waals surface area (Å²) in [5.41, 5.74) is 7.69. The molecule has 2 heterocycles. The molecule has 146 valence electrons. The molecule has 1 aromatic heterocycles. The summed E-state index contributed by atoms with van der Waals surface area (Å²) < 4.78 is 5.01. The molecule has 6 heteroatoms. The minimum atomic E-state index is -0.322. The van der Waals surface area contributed by atoms with E-state index in [0.717, 1.165) is 44.5 Å². The van der Waals surface area contributed by atoms with Crippen LogP contribution >= 0.6 is 0 Å². The predicted octanol–water partition coefficient (Wildman–Crippen LogP) is 3.35. The van der Waals surface area contributed by atoms with E-state index in [2.05, 4.69) is 23.7 Å². The molecule has 1 saturated heterocycles. The predicted molar refractivity (Wildman–Crippen MR) is 103 cm³/mol. The number of rotatable bonds is 9. The number of ether oxygens (including phenoxy) is 1. The van der Waals surface area contributed by atoms with Gasteiger partial charge in [0, 0.05) is 13.0 Å². The molecule has 0 radical (unpaired) electrons. The minimum absolute atomic E-state index is 0.0892. The molecule has 0 atom stereocenters. The van der Waals surface area contributed by atoms with Gasteiger partial charge in [0.1, 0.15) is 5.82 Å². The van der Waals surface area contributed by atoms with E-state index < -0.39 is 0 Å². The number of carbonyl (C=O) groups excluding carboxylic acids is 2. The van der Waals surface area contributed by atoms with E-state index in [4.69, 9.17) is 10.5 Å². The van der Waals surface area contributed by atoms with Gasteiger partial charge >= 0.3 is 5.97 Å². The van der Waals surface area contributed by atoms with Gasteiger partial charge in [-0.2, -0.15) is 0 Å². The first-order valence-electron chi connectivity index (χ1n) is 9.80. The summed E-state index contributed by atoms with van der Waals surface area (Å²) in [6, 6.07) is 1.89. The molecule has 0 aromatic carbocycles. The number of hydrogen-bond donors (Lipinski definition) is 2. The van der Waals surface area contributed by atoms with Crippen molar-refractivity contribution < 1.29 is 14.3 Å². The number of anilines is 1. The molecule has 26 heavy (non-hydrogen) atoms. The molecular formula is C20H33N3O3. The van der Waals surface area contributed by atoms with Crippen LogP contribution < -0.4 is 5.73 Å². The number of nitrogen functional groups attached to an aromatic ring is 1. The molecule has 1 aliphatic heterocycles. The highest BCUT2D eigenvalue weighted by molar-refractivity contribution is 5.97. The van der Waals surface area contributed by atoms with Crippen molar-refractivity contribution in [2.45, 2.75) is 58.8 Å². The van der Waals surface area contributed by atoms with Gasteiger partial charge in [-0.25, -0.2) is 0 Å². The largest absolute Gasteiger partial charge is 0.466 e. The lowest BCUT2D eigenvalue weighted by Gasteiger charge is -2.32. The molecular weight excluding hydrogens is 330 g/mol. The maximum atomic E-state index is 12.3. The van der Waals surface area contributed by atoms with E-state index >= 15 is 0 Å². The van der Waals surface area contributed by atoms with Crippen LogP contribution in [0.25, 0.3) is 0 Å². The summed E-state index contributed by atoms with van der Waals surface area (Å²) in [5.74, 6) is 1.25. The number of aromatic amines is 1. The number of likely N-dealkylation sites (tertiary alicyclic amines) is 1. The molecule has 0 bridgehead atoms. The molecule has 3 N–H and O–H groups in total. The molecule has 0 spiro atoms. The molecule has 0 saturated carbocycles. The van der Waals surface area contributed by atoms with Crippen molar-refractivity contribution >= 4 is 17.6 Å². The van der Waals surface area contributed by atoms with Gasteiger partial charge in [0.15, 0.2) is 5.78 Å². The number of Topliss-reactive ketones (excluding diaryl/α,β-unsaturated/α-hetero) is 1. The zero-order chi connectivity index (χ0) is 19.1. The lowest BCUT2D eigenvalue weighted by Crippen LogP contribution is -2.35. The maximum Gasteiger partial charge on any atom is 0.306 e. The Hall–Kier alpha value is -1.82. The van der Waals surface area contributed by atoms with E-state index in [-0.39, 0.29) is 24.6 Å². The van der Waals surface area contributed by atoms with Crippen molar-refractivity contribution in [3.63, 3.8) is 0 Å². The van der Waals surface area contributed by atoms with Crippen molar-refractivity contribution in [2.24, 2.45) is 5.92 Å². The average molecular weight is 364 g/mol. The van der Waals surface area contributed by atoms with Crippen molar-refractivity contribution in [3.05, 3.63) is 17.3 Å². The smallest absolute Gasteiger partial charge is 0.306 e. The summed E-state index contributed by atoms with van der Waals surface area (Å²) in [6.45, 7) is 10.1. The zero-order valence-electron chi connectivity index (χ0n) is 16.3. The number of nitrogens with two attached hydrogens (primary N) is 1. The van der Waals surface area contributed by atoms with Gasteiger partial charge in [-0.15, -0.1) is 0 Å². The number of carbonyl (C=O) groups is 2. The molecule has 2 rings (SSSR count). The van der Waals surface area contributed by atoms with E-state index in [1.165, 1.54) is 0 Å². The number of nitrogens with one attached hydrogen (secondary N) is 1.